The van der Waals surface area contributed by atoms with Crippen LogP contribution in [0.25, 0.3) is 22.2 Å². The number of ketones is 1. The van der Waals surface area contributed by atoms with Gasteiger partial charge in [-0.3, -0.25) is 14.6 Å². The second kappa shape index (κ2) is 6.76. The van der Waals surface area contributed by atoms with Crippen LogP contribution >= 0.6 is 0 Å². The Hall–Kier alpha value is -2.75. The van der Waals surface area contributed by atoms with Crippen molar-refractivity contribution in [2.45, 2.75) is 51.4 Å². The molecule has 0 unspecified atom stereocenters. The number of rotatable bonds is 3. The summed E-state index contributed by atoms with van der Waals surface area (Å²) in [6.07, 6.45) is 5.90. The van der Waals surface area contributed by atoms with E-state index >= 15 is 0 Å². The molecule has 0 radical (unpaired) electrons. The zero-order valence-electron chi connectivity index (χ0n) is 15.8. The molecule has 1 aliphatic carbocycles. The first-order valence-electron chi connectivity index (χ1n) is 9.68. The molecule has 1 atom stereocenters. The van der Waals surface area contributed by atoms with E-state index in [4.69, 9.17) is 0 Å². The Morgan fingerprint density at radius 3 is 2.74 bits per heavy atom. The number of pyridine rings is 2. The zero-order chi connectivity index (χ0) is 19.0. The minimum Gasteiger partial charge on any atom is -0.322 e. The highest BCUT2D eigenvalue weighted by atomic mass is 16.1. The van der Waals surface area contributed by atoms with Crippen molar-refractivity contribution in [1.29, 1.82) is 0 Å². The second-order valence-electron chi connectivity index (χ2n) is 7.64. The molecule has 1 fully saturated rings. The van der Waals surface area contributed by atoms with Crippen LogP contribution < -0.4 is 5.56 Å². The van der Waals surface area contributed by atoms with Gasteiger partial charge in [-0.1, -0.05) is 25.5 Å². The molecule has 1 aliphatic rings. The van der Waals surface area contributed by atoms with Crippen LogP contribution in [0.3, 0.4) is 0 Å². The Morgan fingerprint density at radius 2 is 2.00 bits per heavy atom. The maximum absolute atomic E-state index is 12.9. The quantitative estimate of drug-likeness (QED) is 0.745. The Labute approximate surface area is 158 Å². The summed E-state index contributed by atoms with van der Waals surface area (Å²) in [7, 11) is 0. The first-order valence-corrected chi connectivity index (χ1v) is 9.68. The summed E-state index contributed by atoms with van der Waals surface area (Å²) in [4.78, 5) is 32.8. The molecule has 1 saturated carbocycles. The Balaban J connectivity index is 1.80. The van der Waals surface area contributed by atoms with Crippen LogP contribution in [0.15, 0.2) is 47.4 Å². The molecular formula is C23H24N2O2. The van der Waals surface area contributed by atoms with Crippen LogP contribution in [0.1, 0.15) is 50.7 Å². The van der Waals surface area contributed by atoms with Crippen molar-refractivity contribution in [1.82, 2.24) is 9.97 Å². The largest absolute Gasteiger partial charge is 0.322 e. The minimum atomic E-state index is -0.663. The van der Waals surface area contributed by atoms with Crippen LogP contribution in [0.4, 0.5) is 0 Å². The van der Waals surface area contributed by atoms with E-state index in [9.17, 15) is 9.59 Å². The van der Waals surface area contributed by atoms with Gasteiger partial charge in [-0.15, -0.1) is 0 Å². The van der Waals surface area contributed by atoms with Crippen LogP contribution in [0, 0.1) is 0 Å². The van der Waals surface area contributed by atoms with Crippen molar-refractivity contribution in [3.63, 3.8) is 0 Å². The first-order chi connectivity index (χ1) is 13.0. The number of carbonyl (C=O) groups is 1. The van der Waals surface area contributed by atoms with Crippen molar-refractivity contribution in [3.05, 3.63) is 64.1 Å². The van der Waals surface area contributed by atoms with E-state index < -0.39 is 5.41 Å². The number of benzene rings is 1. The fraction of sp³-hybridized carbons (Fsp3) is 0.348. The van der Waals surface area contributed by atoms with Gasteiger partial charge in [0.05, 0.1) is 10.9 Å². The van der Waals surface area contributed by atoms with Crippen molar-refractivity contribution >= 4 is 16.7 Å². The van der Waals surface area contributed by atoms with Gasteiger partial charge in [-0.2, -0.15) is 0 Å². The molecule has 2 heterocycles. The predicted molar refractivity (Wildman–Crippen MR) is 108 cm³/mol. The van der Waals surface area contributed by atoms with Gasteiger partial charge in [0.15, 0.2) is 0 Å². The Kier molecular flexibility index (Phi) is 4.42. The van der Waals surface area contributed by atoms with Crippen LogP contribution in [-0.4, -0.2) is 15.8 Å². The average Bonchev–Trinajstić information content (AvgIpc) is 2.69. The fourth-order valence-corrected chi connectivity index (χ4v) is 4.25. The molecule has 4 nitrogen and oxygen atoms in total. The van der Waals surface area contributed by atoms with Crippen LogP contribution in [-0.2, 0) is 16.6 Å². The molecule has 0 aliphatic heterocycles. The second-order valence-corrected chi connectivity index (χ2v) is 7.64. The Morgan fingerprint density at radius 1 is 1.15 bits per heavy atom. The number of aromatic amines is 1. The van der Waals surface area contributed by atoms with Crippen molar-refractivity contribution in [2.24, 2.45) is 0 Å². The monoisotopic (exact) mass is 360 g/mol. The summed E-state index contributed by atoms with van der Waals surface area (Å²) in [6.45, 7) is 4.03. The molecule has 1 aromatic carbocycles. The molecule has 4 heteroatoms. The van der Waals surface area contributed by atoms with Gasteiger partial charge in [0.25, 0.3) is 5.56 Å². The van der Waals surface area contributed by atoms with Gasteiger partial charge >= 0.3 is 0 Å². The summed E-state index contributed by atoms with van der Waals surface area (Å²) >= 11 is 0. The van der Waals surface area contributed by atoms with Gasteiger partial charge in [-0.05, 0) is 56.0 Å². The molecular weight excluding hydrogens is 336 g/mol. The number of nitrogens with zero attached hydrogens (tertiary/aromatic N) is 1. The molecule has 2 aromatic heterocycles. The smallest absolute Gasteiger partial charge is 0.252 e. The van der Waals surface area contributed by atoms with Gasteiger partial charge in [0.1, 0.15) is 5.78 Å². The first kappa shape index (κ1) is 17.7. The third-order valence-corrected chi connectivity index (χ3v) is 5.95. The highest BCUT2D eigenvalue weighted by Crippen LogP contribution is 2.35. The minimum absolute atomic E-state index is 0.163. The summed E-state index contributed by atoms with van der Waals surface area (Å²) in [5.74, 6) is 0.176. The number of nitrogens with one attached hydrogen (secondary N) is 1. The molecule has 0 bridgehead atoms. The summed E-state index contributed by atoms with van der Waals surface area (Å²) in [5, 5.41) is 1.14. The number of aromatic nitrogens is 2. The highest BCUT2D eigenvalue weighted by molar-refractivity contribution is 5.90. The SMILES string of the molecule is CCc1cc(-c2ccc([C@@]3(C)CCCCC3=O)c(=O)[nH]2)cc2ncccc12. The van der Waals surface area contributed by atoms with Gasteiger partial charge < -0.3 is 4.98 Å². The summed E-state index contributed by atoms with van der Waals surface area (Å²) in [5.41, 5.74) is 3.60. The lowest BCUT2D eigenvalue weighted by Gasteiger charge is -2.31. The predicted octanol–water partition coefficient (Wildman–Crippen LogP) is 4.55. The molecule has 0 saturated heterocycles. The molecule has 0 amide bonds. The van der Waals surface area contributed by atoms with Gasteiger partial charge in [0, 0.05) is 34.8 Å². The number of H-pyrrole nitrogens is 1. The number of carbonyl (C=O) groups excluding carboxylic acids is 1. The lowest BCUT2D eigenvalue weighted by Crippen LogP contribution is -2.40. The molecule has 3 aromatic rings. The number of hydrogen-bond donors (Lipinski definition) is 1. The normalized spacial score (nSPS) is 20.1. The molecule has 0 spiro atoms. The highest BCUT2D eigenvalue weighted by Gasteiger charge is 2.38. The van der Waals surface area contributed by atoms with Crippen LogP contribution in [0.5, 0.6) is 0 Å². The van der Waals surface area contributed by atoms with Gasteiger partial charge in [0.2, 0.25) is 0 Å². The lowest BCUT2D eigenvalue weighted by atomic mass is 9.70. The third kappa shape index (κ3) is 2.99. The number of aryl methyl sites for hydroxylation is 1. The van der Waals surface area contributed by atoms with Crippen LogP contribution in [0.2, 0.25) is 0 Å². The van der Waals surface area contributed by atoms with E-state index in [1.54, 1.807) is 6.20 Å². The van der Waals surface area contributed by atoms with E-state index in [0.717, 1.165) is 47.8 Å². The van der Waals surface area contributed by atoms with E-state index in [1.807, 2.05) is 31.2 Å². The number of fused-ring (bicyclic) bond motifs is 1. The summed E-state index contributed by atoms with van der Waals surface area (Å²) in [6, 6.07) is 11.9. The molecule has 1 N–H and O–H groups in total. The van der Waals surface area contributed by atoms with Crippen molar-refractivity contribution in [3.8, 4) is 11.3 Å². The van der Waals surface area contributed by atoms with E-state index in [1.165, 1.54) is 5.56 Å². The third-order valence-electron chi connectivity index (χ3n) is 5.95. The molecule has 27 heavy (non-hydrogen) atoms. The maximum atomic E-state index is 12.9. The Bertz CT molecular complexity index is 1080. The number of hydrogen-bond acceptors (Lipinski definition) is 3. The van der Waals surface area contributed by atoms with Crippen molar-refractivity contribution in [2.75, 3.05) is 0 Å². The lowest BCUT2D eigenvalue weighted by molar-refractivity contribution is -0.125. The standard InChI is InChI=1S/C23H24N2O2/c1-3-15-13-16(14-20-17(15)7-6-12-24-20)19-10-9-18(22(27)25-19)23(2)11-5-4-8-21(23)26/h6-7,9-10,12-14H,3-5,8,11H2,1-2H3,(H,25,27)/t23-/m1/s1. The van der Waals surface area contributed by atoms with Gasteiger partial charge in [-0.25, -0.2) is 0 Å². The summed E-state index contributed by atoms with van der Waals surface area (Å²) < 4.78 is 0. The topological polar surface area (TPSA) is 62.8 Å². The molecule has 4 rings (SSSR count). The number of Topliss-reactive ketones (excluding diaryl/α,β-unsaturated/α-hetero) is 1. The zero-order valence-corrected chi connectivity index (χ0v) is 15.8. The fourth-order valence-electron chi connectivity index (χ4n) is 4.25. The van der Waals surface area contributed by atoms with Crippen molar-refractivity contribution < 1.29 is 4.79 Å². The molecule has 138 valence electrons. The van der Waals surface area contributed by atoms with E-state index in [-0.39, 0.29) is 11.3 Å². The van der Waals surface area contributed by atoms with E-state index in [0.29, 0.717) is 12.0 Å². The maximum Gasteiger partial charge on any atom is 0.252 e. The van der Waals surface area contributed by atoms with E-state index in [2.05, 4.69) is 29.0 Å². The average molecular weight is 360 g/mol.